The molecule has 6 heteroatoms. The summed E-state index contributed by atoms with van der Waals surface area (Å²) in [4.78, 5) is 6.97. The summed E-state index contributed by atoms with van der Waals surface area (Å²) in [5, 5.41) is 8.94. The van der Waals surface area contributed by atoms with Gasteiger partial charge in [-0.25, -0.2) is 4.39 Å². The molecular weight excluding hydrogens is 391 g/mol. The molecule has 1 atom stereocenters. The molecule has 0 unspecified atom stereocenters. The van der Waals surface area contributed by atoms with Crippen molar-refractivity contribution in [2.45, 2.75) is 25.3 Å². The lowest BCUT2D eigenvalue weighted by molar-refractivity contribution is 0.320. The van der Waals surface area contributed by atoms with Crippen LogP contribution >= 0.6 is 0 Å². The van der Waals surface area contributed by atoms with Crippen LogP contribution in [0.5, 0.6) is 5.75 Å². The minimum atomic E-state index is -0.256. The molecule has 0 bridgehead atoms. The molecule has 1 saturated heterocycles. The van der Waals surface area contributed by atoms with Gasteiger partial charge in [-0.15, -0.1) is 0 Å². The highest BCUT2D eigenvalue weighted by Crippen LogP contribution is 2.28. The monoisotopic (exact) mass is 416 g/mol. The van der Waals surface area contributed by atoms with Gasteiger partial charge < -0.3 is 4.74 Å². The van der Waals surface area contributed by atoms with E-state index in [4.69, 9.17) is 4.74 Å². The van der Waals surface area contributed by atoms with Gasteiger partial charge in [0.1, 0.15) is 11.6 Å². The number of hydrogen-bond donors (Lipinski definition) is 1. The SMILES string of the molecule is Fc1ccc(OCCc2cc([C@@H]3CCN(Cc4ccnc5ccccc45)C3)n[nH]2)cc1. The topological polar surface area (TPSA) is 54.0 Å². The highest BCUT2D eigenvalue weighted by atomic mass is 19.1. The van der Waals surface area contributed by atoms with E-state index in [-0.39, 0.29) is 5.82 Å². The van der Waals surface area contributed by atoms with E-state index in [1.807, 2.05) is 12.3 Å². The number of rotatable bonds is 7. The van der Waals surface area contributed by atoms with Crippen molar-refractivity contribution in [3.05, 3.63) is 89.6 Å². The van der Waals surface area contributed by atoms with Crippen LogP contribution < -0.4 is 4.74 Å². The Bertz CT molecular complexity index is 1150. The fourth-order valence-corrected chi connectivity index (χ4v) is 4.28. The molecule has 0 aliphatic carbocycles. The predicted molar refractivity (Wildman–Crippen MR) is 119 cm³/mol. The number of nitrogens with zero attached hydrogens (tertiary/aromatic N) is 3. The number of pyridine rings is 1. The molecule has 0 spiro atoms. The first kappa shape index (κ1) is 19.7. The number of halogens is 1. The number of para-hydroxylation sites is 1. The number of hydrogen-bond acceptors (Lipinski definition) is 4. The van der Waals surface area contributed by atoms with Gasteiger partial charge in [-0.3, -0.25) is 15.0 Å². The van der Waals surface area contributed by atoms with Gasteiger partial charge in [-0.05, 0) is 61.0 Å². The van der Waals surface area contributed by atoms with Crippen molar-refractivity contribution in [1.29, 1.82) is 0 Å². The number of H-pyrrole nitrogens is 1. The fourth-order valence-electron chi connectivity index (χ4n) is 4.28. The summed E-state index contributed by atoms with van der Waals surface area (Å²) in [6.07, 6.45) is 3.75. The minimum absolute atomic E-state index is 0.256. The Balaban J connectivity index is 1.16. The van der Waals surface area contributed by atoms with Crippen molar-refractivity contribution < 1.29 is 9.13 Å². The maximum Gasteiger partial charge on any atom is 0.123 e. The molecule has 1 fully saturated rings. The van der Waals surface area contributed by atoms with E-state index in [0.717, 1.165) is 49.4 Å². The van der Waals surface area contributed by atoms with Crippen LogP contribution in [0.3, 0.4) is 0 Å². The summed E-state index contributed by atoms with van der Waals surface area (Å²) in [7, 11) is 0. The number of fused-ring (bicyclic) bond motifs is 1. The van der Waals surface area contributed by atoms with Gasteiger partial charge in [0.15, 0.2) is 0 Å². The molecule has 1 N–H and O–H groups in total. The summed E-state index contributed by atoms with van der Waals surface area (Å²) in [6, 6.07) is 18.7. The van der Waals surface area contributed by atoms with Crippen LogP contribution in [-0.4, -0.2) is 39.8 Å². The molecule has 158 valence electrons. The Morgan fingerprint density at radius 3 is 2.87 bits per heavy atom. The fraction of sp³-hybridized carbons (Fsp3) is 0.280. The lowest BCUT2D eigenvalue weighted by Crippen LogP contribution is -2.20. The van der Waals surface area contributed by atoms with Crippen LogP contribution in [0.4, 0.5) is 4.39 Å². The summed E-state index contributed by atoms with van der Waals surface area (Å²) in [6.45, 7) is 3.53. The smallest absolute Gasteiger partial charge is 0.123 e. The Kier molecular flexibility index (Phi) is 5.63. The standard InChI is InChI=1S/C25H25FN4O/c26-20-5-7-22(8-6-20)31-14-11-21-15-25(29-28-21)19-10-13-30(17-19)16-18-9-12-27-24-4-2-1-3-23(18)24/h1-9,12,15,19H,10-11,13-14,16-17H2,(H,28,29)/t19-/m1/s1. The van der Waals surface area contributed by atoms with Gasteiger partial charge in [0.2, 0.25) is 0 Å². The number of ether oxygens (including phenoxy) is 1. The molecule has 31 heavy (non-hydrogen) atoms. The van der Waals surface area contributed by atoms with Crippen molar-refractivity contribution in [3.63, 3.8) is 0 Å². The molecule has 0 saturated carbocycles. The van der Waals surface area contributed by atoms with Crippen molar-refractivity contribution in [2.75, 3.05) is 19.7 Å². The Labute approximate surface area is 180 Å². The maximum atomic E-state index is 13.0. The van der Waals surface area contributed by atoms with E-state index in [0.29, 0.717) is 18.3 Å². The first-order valence-electron chi connectivity index (χ1n) is 10.7. The number of aromatic amines is 1. The quantitative estimate of drug-likeness (QED) is 0.474. The number of nitrogens with one attached hydrogen (secondary N) is 1. The molecule has 2 aromatic carbocycles. The van der Waals surface area contributed by atoms with E-state index >= 15 is 0 Å². The number of benzene rings is 2. The Morgan fingerprint density at radius 1 is 1.10 bits per heavy atom. The van der Waals surface area contributed by atoms with Crippen molar-refractivity contribution >= 4 is 10.9 Å². The highest BCUT2D eigenvalue weighted by molar-refractivity contribution is 5.81. The van der Waals surface area contributed by atoms with E-state index in [9.17, 15) is 4.39 Å². The highest BCUT2D eigenvalue weighted by Gasteiger charge is 2.26. The van der Waals surface area contributed by atoms with Gasteiger partial charge in [-0.2, -0.15) is 5.10 Å². The normalized spacial score (nSPS) is 16.7. The average Bonchev–Trinajstić information content (AvgIpc) is 3.45. The van der Waals surface area contributed by atoms with Gasteiger partial charge >= 0.3 is 0 Å². The molecule has 5 nitrogen and oxygen atoms in total. The first-order valence-corrected chi connectivity index (χ1v) is 10.7. The minimum Gasteiger partial charge on any atom is -0.493 e. The summed E-state index contributed by atoms with van der Waals surface area (Å²) < 4.78 is 18.7. The molecule has 5 rings (SSSR count). The van der Waals surface area contributed by atoms with Gasteiger partial charge in [0.25, 0.3) is 0 Å². The van der Waals surface area contributed by atoms with Gasteiger partial charge in [-0.1, -0.05) is 18.2 Å². The van der Waals surface area contributed by atoms with Crippen molar-refractivity contribution in [1.82, 2.24) is 20.1 Å². The third-order valence-electron chi connectivity index (χ3n) is 5.93. The maximum absolute atomic E-state index is 13.0. The zero-order chi connectivity index (χ0) is 21.0. The first-order chi connectivity index (χ1) is 15.2. The van der Waals surface area contributed by atoms with E-state index < -0.39 is 0 Å². The van der Waals surface area contributed by atoms with Gasteiger partial charge in [0.05, 0.1) is 17.8 Å². The van der Waals surface area contributed by atoms with E-state index in [2.05, 4.69) is 50.4 Å². The van der Waals surface area contributed by atoms with Crippen LogP contribution in [0.25, 0.3) is 10.9 Å². The van der Waals surface area contributed by atoms with Crippen molar-refractivity contribution in [3.8, 4) is 5.75 Å². The lowest BCUT2D eigenvalue weighted by Gasteiger charge is -2.16. The van der Waals surface area contributed by atoms with Gasteiger partial charge in [0, 0.05) is 42.7 Å². The second-order valence-electron chi connectivity index (χ2n) is 8.08. The second-order valence-corrected chi connectivity index (χ2v) is 8.08. The molecule has 0 amide bonds. The third-order valence-corrected chi connectivity index (χ3v) is 5.93. The molecule has 1 aliphatic rings. The summed E-state index contributed by atoms with van der Waals surface area (Å²) in [5.74, 6) is 0.862. The molecule has 3 heterocycles. The second kappa shape index (κ2) is 8.86. The molecule has 1 aliphatic heterocycles. The van der Waals surface area contributed by atoms with Crippen LogP contribution in [0.1, 0.15) is 29.3 Å². The van der Waals surface area contributed by atoms with Crippen LogP contribution in [0.2, 0.25) is 0 Å². The Morgan fingerprint density at radius 2 is 1.97 bits per heavy atom. The number of likely N-dealkylation sites (tertiary alicyclic amines) is 1. The number of aromatic nitrogens is 3. The molecular formula is C25H25FN4O. The third kappa shape index (κ3) is 4.59. The van der Waals surface area contributed by atoms with Crippen LogP contribution in [0.15, 0.2) is 66.9 Å². The van der Waals surface area contributed by atoms with Crippen molar-refractivity contribution in [2.24, 2.45) is 0 Å². The zero-order valence-corrected chi connectivity index (χ0v) is 17.3. The van der Waals surface area contributed by atoms with Crippen LogP contribution in [0, 0.1) is 5.82 Å². The molecule has 4 aromatic rings. The average molecular weight is 417 g/mol. The summed E-state index contributed by atoms with van der Waals surface area (Å²) in [5.41, 5.74) is 4.57. The van der Waals surface area contributed by atoms with E-state index in [1.54, 1.807) is 12.1 Å². The zero-order valence-electron chi connectivity index (χ0n) is 17.3. The summed E-state index contributed by atoms with van der Waals surface area (Å²) >= 11 is 0. The molecule has 2 aromatic heterocycles. The van der Waals surface area contributed by atoms with E-state index in [1.165, 1.54) is 23.1 Å². The largest absolute Gasteiger partial charge is 0.493 e. The lowest BCUT2D eigenvalue weighted by atomic mass is 10.0. The Hall–Kier alpha value is -3.25. The predicted octanol–water partition coefficient (Wildman–Crippen LogP) is 4.71. The van der Waals surface area contributed by atoms with Crippen LogP contribution in [-0.2, 0) is 13.0 Å². The molecule has 0 radical (unpaired) electrons.